The van der Waals surface area contributed by atoms with Gasteiger partial charge >= 0.3 is 5.97 Å². The Morgan fingerprint density at radius 3 is 2.72 bits per heavy atom. The number of halogens is 1. The van der Waals surface area contributed by atoms with Crippen molar-refractivity contribution in [3.8, 4) is 5.75 Å². The normalized spacial score (nSPS) is 14.8. The average molecular weight is 405 g/mol. The molecule has 1 aliphatic heterocycles. The van der Waals surface area contributed by atoms with Crippen molar-refractivity contribution in [2.75, 3.05) is 38.8 Å². The quantitative estimate of drug-likeness (QED) is 0.502. The molecule has 1 atom stereocenters. The van der Waals surface area contributed by atoms with Crippen molar-refractivity contribution in [3.63, 3.8) is 0 Å². The second-order valence-corrected chi connectivity index (χ2v) is 6.75. The van der Waals surface area contributed by atoms with Crippen LogP contribution < -0.4 is 15.1 Å². The summed E-state index contributed by atoms with van der Waals surface area (Å²) in [6.07, 6.45) is 2.39. The van der Waals surface area contributed by atoms with E-state index in [2.05, 4.69) is 4.74 Å². The summed E-state index contributed by atoms with van der Waals surface area (Å²) in [6.45, 7) is 2.15. The molecule has 0 saturated heterocycles. The summed E-state index contributed by atoms with van der Waals surface area (Å²) in [6, 6.07) is 0.735. The van der Waals surface area contributed by atoms with E-state index in [9.17, 15) is 19.2 Å². The number of rotatable bonds is 7. The van der Waals surface area contributed by atoms with Crippen LogP contribution in [0, 0.1) is 5.82 Å². The Labute approximate surface area is 165 Å². The summed E-state index contributed by atoms with van der Waals surface area (Å²) in [5.41, 5.74) is -0.747. The zero-order valence-corrected chi connectivity index (χ0v) is 16.2. The van der Waals surface area contributed by atoms with E-state index in [-0.39, 0.29) is 53.6 Å². The third-order valence-electron chi connectivity index (χ3n) is 4.84. The fourth-order valence-electron chi connectivity index (χ4n) is 3.27. The monoisotopic (exact) mass is 405 g/mol. The number of hydrogen-bond donors (Lipinski definition) is 0. The van der Waals surface area contributed by atoms with Crippen molar-refractivity contribution in [2.24, 2.45) is 0 Å². The minimum absolute atomic E-state index is 0.0254. The molecule has 2 heterocycles. The van der Waals surface area contributed by atoms with E-state index in [4.69, 9.17) is 4.74 Å². The van der Waals surface area contributed by atoms with Gasteiger partial charge < -0.3 is 23.8 Å². The standard InChI is InChI=1S/C19H20FN3O6/c1-11-8-29-18-15-12(17(26)13(7-23(11)15)19(27)28-3)6-14(20)16(18)22(10-25)5-4-21(2)9-24/h6-7,9-11H,4-5,8H2,1-3H3. The highest BCUT2D eigenvalue weighted by Crippen LogP contribution is 2.41. The van der Waals surface area contributed by atoms with Crippen LogP contribution >= 0.6 is 0 Å². The van der Waals surface area contributed by atoms with Crippen molar-refractivity contribution < 1.29 is 28.2 Å². The van der Waals surface area contributed by atoms with Gasteiger partial charge in [-0.15, -0.1) is 0 Å². The second kappa shape index (κ2) is 7.90. The summed E-state index contributed by atoms with van der Waals surface area (Å²) >= 11 is 0. The largest absolute Gasteiger partial charge is 0.487 e. The van der Waals surface area contributed by atoms with Gasteiger partial charge in [-0.1, -0.05) is 0 Å². The van der Waals surface area contributed by atoms with Crippen LogP contribution in [0.3, 0.4) is 0 Å². The first kappa shape index (κ1) is 20.3. The van der Waals surface area contributed by atoms with E-state index in [1.54, 1.807) is 4.57 Å². The molecule has 0 spiro atoms. The fraction of sp³-hybridized carbons (Fsp3) is 0.368. The third kappa shape index (κ3) is 3.41. The van der Waals surface area contributed by atoms with E-state index in [1.807, 2.05) is 6.92 Å². The number of ether oxygens (including phenoxy) is 2. The van der Waals surface area contributed by atoms with Gasteiger partial charge in [-0.05, 0) is 13.0 Å². The number of esters is 1. The van der Waals surface area contributed by atoms with Gasteiger partial charge in [0.25, 0.3) is 0 Å². The third-order valence-corrected chi connectivity index (χ3v) is 4.84. The smallest absolute Gasteiger partial charge is 0.343 e. The van der Waals surface area contributed by atoms with Crippen molar-refractivity contribution in [1.29, 1.82) is 0 Å². The number of amides is 2. The number of anilines is 1. The van der Waals surface area contributed by atoms with Gasteiger partial charge in [0.2, 0.25) is 18.2 Å². The number of carbonyl (C=O) groups is 3. The molecule has 0 fully saturated rings. The Hall–Kier alpha value is -3.43. The van der Waals surface area contributed by atoms with E-state index in [0.29, 0.717) is 12.8 Å². The second-order valence-electron chi connectivity index (χ2n) is 6.75. The lowest BCUT2D eigenvalue weighted by molar-refractivity contribution is -0.117. The first-order chi connectivity index (χ1) is 13.8. The highest BCUT2D eigenvalue weighted by molar-refractivity contribution is 5.99. The summed E-state index contributed by atoms with van der Waals surface area (Å²) < 4.78 is 27.1. The molecule has 1 aromatic heterocycles. The highest BCUT2D eigenvalue weighted by Gasteiger charge is 2.30. The molecule has 29 heavy (non-hydrogen) atoms. The molecule has 9 nitrogen and oxygen atoms in total. The van der Waals surface area contributed by atoms with Crippen LogP contribution in [0.15, 0.2) is 17.1 Å². The van der Waals surface area contributed by atoms with E-state index < -0.39 is 17.2 Å². The van der Waals surface area contributed by atoms with Crippen LogP contribution in [0.4, 0.5) is 10.1 Å². The maximum Gasteiger partial charge on any atom is 0.343 e. The van der Waals surface area contributed by atoms with Gasteiger partial charge in [0.15, 0.2) is 11.6 Å². The summed E-state index contributed by atoms with van der Waals surface area (Å²) in [7, 11) is 2.68. The van der Waals surface area contributed by atoms with Crippen LogP contribution in [-0.2, 0) is 14.3 Å². The number of benzene rings is 1. The predicted molar refractivity (Wildman–Crippen MR) is 102 cm³/mol. The number of nitrogens with zero attached hydrogens (tertiary/aromatic N) is 3. The fourth-order valence-corrected chi connectivity index (χ4v) is 3.27. The van der Waals surface area contributed by atoms with Gasteiger partial charge in [-0.25, -0.2) is 9.18 Å². The topological polar surface area (TPSA) is 98.1 Å². The van der Waals surface area contributed by atoms with Crippen LogP contribution in [0.25, 0.3) is 10.9 Å². The molecule has 3 rings (SSSR count). The molecule has 2 aromatic rings. The number of methoxy groups -OCH3 is 1. The molecular formula is C19H20FN3O6. The predicted octanol–water partition coefficient (Wildman–Crippen LogP) is 0.932. The van der Waals surface area contributed by atoms with Gasteiger partial charge in [0, 0.05) is 26.3 Å². The maximum absolute atomic E-state index is 15.0. The zero-order chi connectivity index (χ0) is 21.3. The SMILES string of the molecule is COC(=O)c1cn2c3c(c(N(C=O)CCN(C)C=O)c(F)cc3c1=O)OCC2C. The molecule has 0 N–H and O–H groups in total. The number of hydrogen-bond acceptors (Lipinski definition) is 6. The average Bonchev–Trinajstić information content (AvgIpc) is 2.72. The van der Waals surface area contributed by atoms with E-state index >= 15 is 4.39 Å². The molecule has 10 heteroatoms. The Morgan fingerprint density at radius 2 is 2.10 bits per heavy atom. The maximum atomic E-state index is 15.0. The first-order valence-electron chi connectivity index (χ1n) is 8.84. The van der Waals surface area contributed by atoms with Crippen molar-refractivity contribution in [3.05, 3.63) is 33.9 Å². The van der Waals surface area contributed by atoms with Gasteiger partial charge in [0.05, 0.1) is 24.1 Å². The van der Waals surface area contributed by atoms with Crippen LogP contribution in [0.2, 0.25) is 0 Å². The Kier molecular flexibility index (Phi) is 5.53. The zero-order valence-electron chi connectivity index (χ0n) is 16.2. The van der Waals surface area contributed by atoms with Gasteiger partial charge in [-0.3, -0.25) is 14.4 Å². The highest BCUT2D eigenvalue weighted by atomic mass is 19.1. The van der Waals surface area contributed by atoms with Crippen LogP contribution in [0.1, 0.15) is 23.3 Å². The van der Waals surface area contributed by atoms with Crippen LogP contribution in [-0.4, -0.2) is 62.1 Å². The lowest BCUT2D eigenvalue weighted by atomic mass is 10.1. The van der Waals surface area contributed by atoms with Crippen molar-refractivity contribution >= 4 is 35.4 Å². The minimum Gasteiger partial charge on any atom is -0.487 e. The van der Waals surface area contributed by atoms with Crippen LogP contribution in [0.5, 0.6) is 5.75 Å². The molecule has 1 aromatic carbocycles. The lowest BCUT2D eigenvalue weighted by Gasteiger charge is -2.31. The number of aromatic nitrogens is 1. The number of carbonyl (C=O) groups excluding carboxylic acids is 3. The summed E-state index contributed by atoms with van der Waals surface area (Å²) in [4.78, 5) is 49.6. The number of likely N-dealkylation sites (N-methyl/N-ethyl adjacent to an activating group) is 1. The Morgan fingerprint density at radius 1 is 1.38 bits per heavy atom. The number of pyridine rings is 1. The van der Waals surface area contributed by atoms with E-state index in [1.165, 1.54) is 18.1 Å². The molecule has 2 amide bonds. The Bertz CT molecular complexity index is 1050. The molecule has 0 aliphatic carbocycles. The molecule has 0 radical (unpaired) electrons. The summed E-state index contributed by atoms with van der Waals surface area (Å²) in [5.74, 6) is -1.64. The molecule has 154 valence electrons. The minimum atomic E-state index is -0.853. The Balaban J connectivity index is 2.27. The lowest BCUT2D eigenvalue weighted by Crippen LogP contribution is -2.34. The molecular weight excluding hydrogens is 385 g/mol. The van der Waals surface area contributed by atoms with Crippen molar-refractivity contribution in [2.45, 2.75) is 13.0 Å². The van der Waals surface area contributed by atoms with Gasteiger partial charge in [0.1, 0.15) is 17.9 Å². The first-order valence-corrected chi connectivity index (χ1v) is 8.84. The van der Waals surface area contributed by atoms with Gasteiger partial charge in [-0.2, -0.15) is 0 Å². The molecule has 0 saturated carbocycles. The molecule has 0 bridgehead atoms. The van der Waals surface area contributed by atoms with Crippen molar-refractivity contribution in [1.82, 2.24) is 9.47 Å². The summed E-state index contributed by atoms with van der Waals surface area (Å²) in [5, 5.41) is -0.0495. The molecule has 1 aliphatic rings. The molecule has 1 unspecified atom stereocenters. The van der Waals surface area contributed by atoms with E-state index in [0.717, 1.165) is 18.1 Å².